The van der Waals surface area contributed by atoms with Gasteiger partial charge < -0.3 is 9.59 Å². The molecule has 0 amide bonds. The molecule has 0 radical (unpaired) electrons. The summed E-state index contributed by atoms with van der Waals surface area (Å²) in [7, 11) is 0. The van der Waals surface area contributed by atoms with Gasteiger partial charge >= 0.3 is 5.69 Å². The highest BCUT2D eigenvalue weighted by Crippen LogP contribution is 2.31. The molecule has 0 aliphatic carbocycles. The standard InChI is InChI=1S/C9H6N4O6/c14-4-6(5-15)10-11-8-2-1-7(12(16)17)3-9(8)13(18)19/h1-6H. The summed E-state index contributed by atoms with van der Waals surface area (Å²) in [5, 5.41) is 27.8. The first-order valence-corrected chi connectivity index (χ1v) is 4.74. The molecule has 0 aliphatic heterocycles. The zero-order valence-corrected chi connectivity index (χ0v) is 9.20. The van der Waals surface area contributed by atoms with Crippen molar-refractivity contribution in [2.75, 3.05) is 0 Å². The first-order valence-electron chi connectivity index (χ1n) is 4.74. The van der Waals surface area contributed by atoms with Crippen LogP contribution in [0.4, 0.5) is 17.1 Å². The Morgan fingerprint density at radius 3 is 2.21 bits per heavy atom. The van der Waals surface area contributed by atoms with Crippen LogP contribution in [0.3, 0.4) is 0 Å². The van der Waals surface area contributed by atoms with Crippen molar-refractivity contribution in [2.24, 2.45) is 10.2 Å². The number of aldehydes is 2. The quantitative estimate of drug-likeness (QED) is 0.249. The van der Waals surface area contributed by atoms with Crippen LogP contribution >= 0.6 is 0 Å². The van der Waals surface area contributed by atoms with Crippen LogP contribution in [0.1, 0.15) is 0 Å². The third-order valence-electron chi connectivity index (χ3n) is 1.94. The Morgan fingerprint density at radius 2 is 1.74 bits per heavy atom. The van der Waals surface area contributed by atoms with Gasteiger partial charge in [-0.3, -0.25) is 20.2 Å². The van der Waals surface area contributed by atoms with Gasteiger partial charge in [0, 0.05) is 6.07 Å². The maximum Gasteiger partial charge on any atom is 0.303 e. The highest BCUT2D eigenvalue weighted by molar-refractivity contribution is 5.82. The molecule has 0 aromatic heterocycles. The van der Waals surface area contributed by atoms with Gasteiger partial charge in [-0.05, 0) is 6.07 Å². The highest BCUT2D eigenvalue weighted by atomic mass is 16.6. The molecule has 0 N–H and O–H groups in total. The highest BCUT2D eigenvalue weighted by Gasteiger charge is 2.19. The Balaban J connectivity index is 3.20. The number of carbonyl (C=O) groups is 2. The SMILES string of the molecule is O=CC(C=O)N=Nc1ccc([N+](=O)[O-])cc1[N+](=O)[O-]. The van der Waals surface area contributed by atoms with E-state index < -0.39 is 27.3 Å². The molecule has 10 heteroatoms. The monoisotopic (exact) mass is 266 g/mol. The second kappa shape index (κ2) is 6.05. The van der Waals surface area contributed by atoms with E-state index in [1.165, 1.54) is 0 Å². The van der Waals surface area contributed by atoms with E-state index in [9.17, 15) is 29.8 Å². The van der Waals surface area contributed by atoms with Crippen molar-refractivity contribution in [3.63, 3.8) is 0 Å². The predicted molar refractivity (Wildman–Crippen MR) is 60.2 cm³/mol. The lowest BCUT2D eigenvalue weighted by molar-refractivity contribution is -0.393. The fraction of sp³-hybridized carbons (Fsp3) is 0.111. The molecule has 19 heavy (non-hydrogen) atoms. The third kappa shape index (κ3) is 3.46. The van der Waals surface area contributed by atoms with Gasteiger partial charge in [0.05, 0.1) is 15.9 Å². The second-order valence-electron chi connectivity index (χ2n) is 3.17. The Bertz CT molecular complexity index is 562. The first kappa shape index (κ1) is 14.0. The maximum absolute atomic E-state index is 10.7. The van der Waals surface area contributed by atoms with Gasteiger partial charge in [-0.15, -0.1) is 5.11 Å². The maximum atomic E-state index is 10.7. The minimum atomic E-state index is -1.37. The Kier molecular flexibility index (Phi) is 4.46. The van der Waals surface area contributed by atoms with Gasteiger partial charge in [-0.1, -0.05) is 0 Å². The van der Waals surface area contributed by atoms with E-state index in [1.807, 2.05) is 0 Å². The lowest BCUT2D eigenvalue weighted by Gasteiger charge is -1.97. The summed E-state index contributed by atoms with van der Waals surface area (Å²) in [5.41, 5.74) is -1.41. The second-order valence-corrected chi connectivity index (χ2v) is 3.17. The number of azo groups is 1. The first-order chi connectivity index (χ1) is 8.99. The summed E-state index contributed by atoms with van der Waals surface area (Å²) in [5.74, 6) is 0. The van der Waals surface area contributed by atoms with Gasteiger partial charge in [-0.25, -0.2) is 0 Å². The largest absolute Gasteiger partial charge is 0.303 e. The molecule has 1 aromatic carbocycles. The minimum absolute atomic E-state index is 0.202. The van der Waals surface area contributed by atoms with Gasteiger partial charge in [0.2, 0.25) is 0 Å². The van der Waals surface area contributed by atoms with Crippen LogP contribution in [0.5, 0.6) is 0 Å². The molecule has 0 aliphatic rings. The van der Waals surface area contributed by atoms with Crippen LogP contribution < -0.4 is 0 Å². The molecule has 0 spiro atoms. The summed E-state index contributed by atoms with van der Waals surface area (Å²) < 4.78 is 0. The molecule has 0 saturated carbocycles. The van der Waals surface area contributed by atoms with Crippen LogP contribution in [-0.2, 0) is 9.59 Å². The molecule has 1 rings (SSSR count). The van der Waals surface area contributed by atoms with Crippen molar-refractivity contribution in [2.45, 2.75) is 6.04 Å². The summed E-state index contributed by atoms with van der Waals surface area (Å²) >= 11 is 0. The van der Waals surface area contributed by atoms with Crippen molar-refractivity contribution in [3.8, 4) is 0 Å². The number of non-ortho nitro benzene ring substituents is 1. The van der Waals surface area contributed by atoms with Crippen molar-refractivity contribution in [1.29, 1.82) is 0 Å². The average molecular weight is 266 g/mol. The fourth-order valence-corrected chi connectivity index (χ4v) is 1.07. The molecule has 0 unspecified atom stereocenters. The normalized spacial score (nSPS) is 10.6. The summed E-state index contributed by atoms with van der Waals surface area (Å²) in [6, 6.07) is 1.35. The van der Waals surface area contributed by atoms with Crippen molar-refractivity contribution >= 4 is 29.6 Å². The minimum Gasteiger partial charge on any atom is -0.300 e. The van der Waals surface area contributed by atoms with Crippen LogP contribution in [0.15, 0.2) is 28.4 Å². The topological polar surface area (TPSA) is 145 Å². The summed E-state index contributed by atoms with van der Waals surface area (Å²) in [4.78, 5) is 40.2. The Labute approximate surface area is 105 Å². The van der Waals surface area contributed by atoms with Crippen molar-refractivity contribution < 1.29 is 19.4 Å². The van der Waals surface area contributed by atoms with Crippen molar-refractivity contribution in [3.05, 3.63) is 38.4 Å². The van der Waals surface area contributed by atoms with E-state index in [4.69, 9.17) is 0 Å². The number of nitro benzene ring substituents is 2. The zero-order chi connectivity index (χ0) is 14.4. The van der Waals surface area contributed by atoms with E-state index in [0.29, 0.717) is 6.07 Å². The number of hydrogen-bond donors (Lipinski definition) is 0. The van der Waals surface area contributed by atoms with Gasteiger partial charge in [0.1, 0.15) is 0 Å². The number of hydrogen-bond acceptors (Lipinski definition) is 8. The molecule has 0 saturated heterocycles. The van der Waals surface area contributed by atoms with Crippen LogP contribution in [0, 0.1) is 20.2 Å². The summed E-state index contributed by atoms with van der Waals surface area (Å²) in [6.07, 6.45) is 0.404. The number of rotatable bonds is 6. The predicted octanol–water partition coefficient (Wildman–Crippen LogP) is 1.35. The lowest BCUT2D eigenvalue weighted by Crippen LogP contribution is -2.05. The molecule has 0 atom stereocenters. The number of carbonyl (C=O) groups excluding carboxylic acids is 2. The zero-order valence-electron chi connectivity index (χ0n) is 9.20. The number of benzene rings is 1. The Morgan fingerprint density at radius 1 is 1.11 bits per heavy atom. The van der Waals surface area contributed by atoms with E-state index >= 15 is 0 Å². The van der Waals surface area contributed by atoms with Crippen molar-refractivity contribution in [1.82, 2.24) is 0 Å². The van der Waals surface area contributed by atoms with Gasteiger partial charge in [0.25, 0.3) is 5.69 Å². The van der Waals surface area contributed by atoms with Crippen LogP contribution in [-0.4, -0.2) is 28.5 Å². The van der Waals surface area contributed by atoms with Crippen LogP contribution in [0.2, 0.25) is 0 Å². The third-order valence-corrected chi connectivity index (χ3v) is 1.94. The van der Waals surface area contributed by atoms with E-state index in [-0.39, 0.29) is 18.3 Å². The Hall–Kier alpha value is -3.04. The van der Waals surface area contributed by atoms with Gasteiger partial charge in [-0.2, -0.15) is 5.11 Å². The number of nitro groups is 2. The molecule has 0 bridgehead atoms. The molecule has 0 fully saturated rings. The molecule has 0 heterocycles. The lowest BCUT2D eigenvalue weighted by atomic mass is 10.2. The average Bonchev–Trinajstić information content (AvgIpc) is 2.39. The fourth-order valence-electron chi connectivity index (χ4n) is 1.07. The molecular formula is C9H6N4O6. The number of nitrogens with zero attached hydrogens (tertiary/aromatic N) is 4. The molecule has 98 valence electrons. The molecule has 10 nitrogen and oxygen atoms in total. The van der Waals surface area contributed by atoms with E-state index in [2.05, 4.69) is 10.2 Å². The molecular weight excluding hydrogens is 260 g/mol. The summed E-state index contributed by atoms with van der Waals surface area (Å²) in [6.45, 7) is 0. The van der Waals surface area contributed by atoms with Crippen LogP contribution in [0.25, 0.3) is 0 Å². The smallest absolute Gasteiger partial charge is 0.300 e. The molecule has 1 aromatic rings. The van der Waals surface area contributed by atoms with E-state index in [0.717, 1.165) is 12.1 Å². The van der Waals surface area contributed by atoms with Gasteiger partial charge in [0.15, 0.2) is 24.3 Å². The van der Waals surface area contributed by atoms with E-state index in [1.54, 1.807) is 0 Å².